The summed E-state index contributed by atoms with van der Waals surface area (Å²) >= 11 is 3.15. The Hall–Kier alpha value is -2.48. The van der Waals surface area contributed by atoms with Crippen molar-refractivity contribution < 1.29 is 9.59 Å². The number of carbonyl (C=O) groups is 2. The molecule has 0 radical (unpaired) electrons. The van der Waals surface area contributed by atoms with Gasteiger partial charge in [-0.3, -0.25) is 14.9 Å². The molecule has 0 spiro atoms. The fourth-order valence-electron chi connectivity index (χ4n) is 3.61. The minimum atomic E-state index is -0.00348. The summed E-state index contributed by atoms with van der Waals surface area (Å²) in [6, 6.07) is 16.3. The maximum absolute atomic E-state index is 12.8. The van der Waals surface area contributed by atoms with Gasteiger partial charge >= 0.3 is 0 Å². The Kier molecular flexibility index (Phi) is 6.62. The van der Waals surface area contributed by atoms with Crippen molar-refractivity contribution in [3.05, 3.63) is 80.2 Å². The Bertz CT molecular complexity index is 961. The molecule has 5 nitrogen and oxygen atoms in total. The molecule has 1 atom stereocenters. The Morgan fingerprint density at radius 1 is 0.933 bits per heavy atom. The molecule has 0 bridgehead atoms. The molecule has 1 unspecified atom stereocenters. The lowest BCUT2D eigenvalue weighted by Crippen LogP contribution is -2.52. The minimum Gasteiger partial charge on any atom is -0.338 e. The molecule has 1 aliphatic heterocycles. The number of amides is 2. The first-order valence-electron chi connectivity index (χ1n) is 10.1. The van der Waals surface area contributed by atoms with Gasteiger partial charge in [-0.25, -0.2) is 0 Å². The number of aryl methyl sites for hydroxylation is 1. The van der Waals surface area contributed by atoms with Crippen LogP contribution in [0.15, 0.2) is 59.3 Å². The maximum atomic E-state index is 12.8. The quantitative estimate of drug-likeness (QED) is 0.636. The summed E-state index contributed by atoms with van der Waals surface area (Å²) in [7, 11) is 0. The summed E-state index contributed by atoms with van der Waals surface area (Å²) in [6.45, 7) is 4.65. The number of thiophene rings is 2. The molecule has 7 heteroatoms. The van der Waals surface area contributed by atoms with Gasteiger partial charge in [0.15, 0.2) is 0 Å². The molecule has 3 heterocycles. The van der Waals surface area contributed by atoms with Gasteiger partial charge in [-0.1, -0.05) is 42.0 Å². The fraction of sp³-hybridized carbons (Fsp3) is 0.304. The number of piperazine rings is 1. The number of hydrogen-bond acceptors (Lipinski definition) is 5. The minimum absolute atomic E-state index is 0.00348. The van der Waals surface area contributed by atoms with Crippen molar-refractivity contribution in [3.63, 3.8) is 0 Å². The number of carbonyl (C=O) groups excluding carboxylic acids is 2. The van der Waals surface area contributed by atoms with Gasteiger partial charge in [0.1, 0.15) is 0 Å². The van der Waals surface area contributed by atoms with Crippen molar-refractivity contribution in [1.29, 1.82) is 0 Å². The normalized spacial score (nSPS) is 15.2. The molecule has 4 rings (SSSR count). The van der Waals surface area contributed by atoms with Crippen LogP contribution in [0.1, 0.15) is 31.7 Å². The molecular weight excluding hydrogens is 414 g/mol. The SMILES string of the molecule is Cc1ccc(C(NCC(=O)N2CCN(C(=O)c3cccs3)CC2)c2cccs2)cc1. The van der Waals surface area contributed by atoms with Crippen molar-refractivity contribution >= 4 is 34.5 Å². The maximum Gasteiger partial charge on any atom is 0.264 e. The van der Waals surface area contributed by atoms with Crippen molar-refractivity contribution in [3.8, 4) is 0 Å². The average Bonchev–Trinajstić information content (AvgIpc) is 3.49. The molecule has 2 aromatic heterocycles. The third-order valence-electron chi connectivity index (χ3n) is 5.35. The Labute approximate surface area is 184 Å². The van der Waals surface area contributed by atoms with E-state index in [1.165, 1.54) is 21.8 Å². The summed E-state index contributed by atoms with van der Waals surface area (Å²) in [5.41, 5.74) is 2.37. The number of hydrogen-bond donors (Lipinski definition) is 1. The lowest BCUT2D eigenvalue weighted by atomic mass is 10.0. The smallest absolute Gasteiger partial charge is 0.264 e. The van der Waals surface area contributed by atoms with Crippen LogP contribution < -0.4 is 5.32 Å². The van der Waals surface area contributed by atoms with Crippen LogP contribution in [0.25, 0.3) is 0 Å². The Balaban J connectivity index is 1.34. The Morgan fingerprint density at radius 2 is 1.60 bits per heavy atom. The Morgan fingerprint density at radius 3 is 2.23 bits per heavy atom. The van der Waals surface area contributed by atoms with E-state index in [1.807, 2.05) is 33.4 Å². The van der Waals surface area contributed by atoms with Crippen LogP contribution in [0, 0.1) is 6.92 Å². The average molecular weight is 440 g/mol. The van der Waals surface area contributed by atoms with E-state index in [-0.39, 0.29) is 24.4 Å². The molecule has 1 aliphatic rings. The van der Waals surface area contributed by atoms with Crippen molar-refractivity contribution in [2.24, 2.45) is 0 Å². The standard InChI is InChI=1S/C23H25N3O2S2/c1-17-6-8-18(9-7-17)22(19-4-2-14-29-19)24-16-21(27)25-10-12-26(13-11-25)23(28)20-5-3-15-30-20/h2-9,14-15,22,24H,10-13,16H2,1H3. The largest absolute Gasteiger partial charge is 0.338 e. The van der Waals surface area contributed by atoms with Crippen molar-refractivity contribution in [2.75, 3.05) is 32.7 Å². The van der Waals surface area contributed by atoms with Gasteiger partial charge in [0.25, 0.3) is 5.91 Å². The third kappa shape index (κ3) is 4.80. The fourth-order valence-corrected chi connectivity index (χ4v) is 5.13. The molecule has 2 amide bonds. The van der Waals surface area contributed by atoms with Gasteiger partial charge in [0.05, 0.1) is 17.5 Å². The van der Waals surface area contributed by atoms with Crippen LogP contribution in [0.2, 0.25) is 0 Å². The van der Waals surface area contributed by atoms with Crippen molar-refractivity contribution in [1.82, 2.24) is 15.1 Å². The highest BCUT2D eigenvalue weighted by Crippen LogP contribution is 2.26. The van der Waals surface area contributed by atoms with E-state index >= 15 is 0 Å². The second-order valence-corrected chi connectivity index (χ2v) is 9.32. The third-order valence-corrected chi connectivity index (χ3v) is 7.14. The first kappa shape index (κ1) is 20.8. The zero-order valence-electron chi connectivity index (χ0n) is 16.9. The molecule has 1 N–H and O–H groups in total. The summed E-state index contributed by atoms with van der Waals surface area (Å²) in [5, 5.41) is 7.42. The number of benzene rings is 1. The second-order valence-electron chi connectivity index (χ2n) is 7.39. The highest BCUT2D eigenvalue weighted by atomic mass is 32.1. The molecule has 0 aliphatic carbocycles. The molecular formula is C23H25N3O2S2. The first-order chi connectivity index (χ1) is 14.6. The topological polar surface area (TPSA) is 52.7 Å². The van der Waals surface area contributed by atoms with Crippen LogP contribution in [0.5, 0.6) is 0 Å². The second kappa shape index (κ2) is 9.55. The molecule has 1 saturated heterocycles. The molecule has 3 aromatic rings. The molecule has 30 heavy (non-hydrogen) atoms. The lowest BCUT2D eigenvalue weighted by molar-refractivity contribution is -0.131. The van der Waals surface area contributed by atoms with Crippen LogP contribution in [-0.2, 0) is 4.79 Å². The molecule has 0 saturated carbocycles. The predicted molar refractivity (Wildman–Crippen MR) is 122 cm³/mol. The lowest BCUT2D eigenvalue weighted by Gasteiger charge is -2.35. The van der Waals surface area contributed by atoms with Gasteiger partial charge in [-0.05, 0) is 35.4 Å². The van der Waals surface area contributed by atoms with E-state index in [4.69, 9.17) is 0 Å². The van der Waals surface area contributed by atoms with Gasteiger partial charge in [-0.2, -0.15) is 0 Å². The molecule has 156 valence electrons. The zero-order valence-corrected chi connectivity index (χ0v) is 18.5. The zero-order chi connectivity index (χ0) is 20.9. The van der Waals surface area contributed by atoms with E-state index < -0.39 is 0 Å². The van der Waals surface area contributed by atoms with E-state index in [0.717, 1.165) is 10.4 Å². The van der Waals surface area contributed by atoms with E-state index in [2.05, 4.69) is 48.0 Å². The summed E-state index contributed by atoms with van der Waals surface area (Å²) in [4.78, 5) is 31.0. The monoisotopic (exact) mass is 439 g/mol. The van der Waals surface area contributed by atoms with Crippen LogP contribution in [0.4, 0.5) is 0 Å². The highest BCUT2D eigenvalue weighted by Gasteiger charge is 2.26. The van der Waals surface area contributed by atoms with Crippen molar-refractivity contribution in [2.45, 2.75) is 13.0 Å². The first-order valence-corrected chi connectivity index (χ1v) is 11.8. The van der Waals surface area contributed by atoms with E-state index in [0.29, 0.717) is 26.2 Å². The number of nitrogens with one attached hydrogen (secondary N) is 1. The van der Waals surface area contributed by atoms with E-state index in [1.54, 1.807) is 11.3 Å². The number of rotatable bonds is 6. The van der Waals surface area contributed by atoms with E-state index in [9.17, 15) is 9.59 Å². The molecule has 1 fully saturated rings. The predicted octanol–water partition coefficient (Wildman–Crippen LogP) is 3.78. The van der Waals surface area contributed by atoms with Gasteiger partial charge in [0, 0.05) is 31.1 Å². The van der Waals surface area contributed by atoms with Gasteiger partial charge < -0.3 is 9.80 Å². The molecule has 1 aromatic carbocycles. The number of nitrogens with zero attached hydrogens (tertiary/aromatic N) is 2. The van der Waals surface area contributed by atoms with Crippen LogP contribution in [-0.4, -0.2) is 54.3 Å². The summed E-state index contributed by atoms with van der Waals surface area (Å²) in [6.07, 6.45) is 0. The summed E-state index contributed by atoms with van der Waals surface area (Å²) in [5.74, 6) is 0.138. The van der Waals surface area contributed by atoms with Crippen LogP contribution >= 0.6 is 22.7 Å². The highest BCUT2D eigenvalue weighted by molar-refractivity contribution is 7.12. The van der Waals surface area contributed by atoms with Gasteiger partial charge in [0.2, 0.25) is 5.91 Å². The van der Waals surface area contributed by atoms with Gasteiger partial charge in [-0.15, -0.1) is 22.7 Å². The van der Waals surface area contributed by atoms with Crippen LogP contribution in [0.3, 0.4) is 0 Å². The summed E-state index contributed by atoms with van der Waals surface area (Å²) < 4.78 is 0.